The maximum absolute atomic E-state index is 13.4. The van der Waals surface area contributed by atoms with Crippen molar-refractivity contribution in [2.75, 3.05) is 5.32 Å². The molecular formula is C24H23N5O. The van der Waals surface area contributed by atoms with Crippen molar-refractivity contribution in [2.45, 2.75) is 26.3 Å². The van der Waals surface area contributed by atoms with E-state index in [1.54, 1.807) is 6.20 Å². The molecule has 0 aliphatic heterocycles. The van der Waals surface area contributed by atoms with Gasteiger partial charge in [0.05, 0.1) is 0 Å². The molecule has 0 unspecified atom stereocenters. The molecule has 150 valence electrons. The highest BCUT2D eigenvalue weighted by Gasteiger charge is 2.22. The van der Waals surface area contributed by atoms with Crippen LogP contribution in [0.2, 0.25) is 0 Å². The lowest BCUT2D eigenvalue weighted by molar-refractivity contribution is 0.0946. The van der Waals surface area contributed by atoms with Gasteiger partial charge in [-0.15, -0.1) is 5.10 Å². The van der Waals surface area contributed by atoms with E-state index in [4.69, 9.17) is 0 Å². The normalized spacial score (nSPS) is 10.9. The van der Waals surface area contributed by atoms with E-state index in [1.165, 1.54) is 4.68 Å². The van der Waals surface area contributed by atoms with Crippen molar-refractivity contribution in [1.82, 2.24) is 19.7 Å². The zero-order valence-corrected chi connectivity index (χ0v) is 17.0. The number of anilines is 1. The summed E-state index contributed by atoms with van der Waals surface area (Å²) in [4.78, 5) is 22.3. The Hall–Kier alpha value is -3.80. The van der Waals surface area contributed by atoms with Crippen LogP contribution in [0.3, 0.4) is 0 Å². The molecule has 1 N–H and O–H groups in total. The van der Waals surface area contributed by atoms with Gasteiger partial charge in [0.2, 0.25) is 11.8 Å². The lowest BCUT2D eigenvalue weighted by Gasteiger charge is -2.12. The van der Waals surface area contributed by atoms with E-state index in [-0.39, 0.29) is 11.8 Å². The molecule has 0 saturated carbocycles. The number of carbonyl (C=O) groups excluding carboxylic acids is 1. The van der Waals surface area contributed by atoms with E-state index in [9.17, 15) is 4.79 Å². The monoisotopic (exact) mass is 397 g/mol. The number of hydrogen-bond donors (Lipinski definition) is 1. The zero-order chi connectivity index (χ0) is 20.9. The number of carbonyl (C=O) groups is 1. The van der Waals surface area contributed by atoms with Crippen LogP contribution < -0.4 is 5.32 Å². The van der Waals surface area contributed by atoms with Gasteiger partial charge in [0, 0.05) is 18.3 Å². The fourth-order valence-electron chi connectivity index (χ4n) is 3.26. The van der Waals surface area contributed by atoms with Crippen LogP contribution in [0.5, 0.6) is 0 Å². The van der Waals surface area contributed by atoms with Crippen molar-refractivity contribution in [1.29, 1.82) is 0 Å². The van der Waals surface area contributed by atoms with Gasteiger partial charge in [0.15, 0.2) is 0 Å². The highest BCUT2D eigenvalue weighted by molar-refractivity contribution is 5.98. The van der Waals surface area contributed by atoms with E-state index < -0.39 is 0 Å². The third-order valence-electron chi connectivity index (χ3n) is 4.80. The molecule has 0 spiro atoms. The van der Waals surface area contributed by atoms with Crippen LogP contribution in [-0.2, 0) is 6.54 Å². The molecule has 6 nitrogen and oxygen atoms in total. The molecule has 2 heterocycles. The lowest BCUT2D eigenvalue weighted by Crippen LogP contribution is -2.19. The van der Waals surface area contributed by atoms with E-state index in [0.29, 0.717) is 29.6 Å². The minimum Gasteiger partial charge on any atom is -0.350 e. The van der Waals surface area contributed by atoms with Gasteiger partial charge in [-0.25, -0.2) is 0 Å². The quantitative estimate of drug-likeness (QED) is 0.508. The van der Waals surface area contributed by atoms with Gasteiger partial charge in [0.25, 0.3) is 5.91 Å². The topological polar surface area (TPSA) is 72.7 Å². The second-order valence-corrected chi connectivity index (χ2v) is 7.27. The maximum Gasteiger partial charge on any atom is 0.281 e. The largest absolute Gasteiger partial charge is 0.350 e. The molecule has 0 radical (unpaired) electrons. The summed E-state index contributed by atoms with van der Waals surface area (Å²) in [6, 6.07) is 23.1. The summed E-state index contributed by atoms with van der Waals surface area (Å²) < 4.78 is 1.34. The predicted octanol–water partition coefficient (Wildman–Crippen LogP) is 4.76. The number of aromatic nitrogens is 4. The average molecular weight is 397 g/mol. The van der Waals surface area contributed by atoms with Crippen LogP contribution >= 0.6 is 0 Å². The van der Waals surface area contributed by atoms with E-state index in [1.807, 2.05) is 72.8 Å². The molecule has 0 saturated heterocycles. The molecule has 0 amide bonds. The Labute approximate surface area is 175 Å². The Balaban J connectivity index is 1.73. The van der Waals surface area contributed by atoms with Gasteiger partial charge in [-0.2, -0.15) is 9.67 Å². The molecule has 0 aliphatic carbocycles. The van der Waals surface area contributed by atoms with Crippen LogP contribution in [-0.4, -0.2) is 25.7 Å². The summed E-state index contributed by atoms with van der Waals surface area (Å²) in [6.45, 7) is 4.67. The molecule has 6 heteroatoms. The summed E-state index contributed by atoms with van der Waals surface area (Å²) in [5.74, 6) is 0.791. The summed E-state index contributed by atoms with van der Waals surface area (Å²) in [5.41, 5.74) is 3.30. The molecule has 30 heavy (non-hydrogen) atoms. The first kappa shape index (κ1) is 19.5. The van der Waals surface area contributed by atoms with Crippen molar-refractivity contribution in [2.24, 2.45) is 0 Å². The van der Waals surface area contributed by atoms with Gasteiger partial charge in [-0.3, -0.25) is 9.78 Å². The van der Waals surface area contributed by atoms with E-state index in [0.717, 1.165) is 11.1 Å². The Morgan fingerprint density at radius 3 is 2.43 bits per heavy atom. The lowest BCUT2D eigenvalue weighted by atomic mass is 9.97. The molecular weight excluding hydrogens is 374 g/mol. The number of pyridine rings is 1. The third kappa shape index (κ3) is 4.12. The van der Waals surface area contributed by atoms with E-state index in [2.05, 4.69) is 34.2 Å². The van der Waals surface area contributed by atoms with Crippen LogP contribution in [0.15, 0.2) is 79.0 Å². The molecule has 2 aromatic heterocycles. The van der Waals surface area contributed by atoms with Crippen LogP contribution in [0.4, 0.5) is 5.95 Å². The Morgan fingerprint density at radius 2 is 1.70 bits per heavy atom. The molecule has 0 aliphatic rings. The molecule has 0 bridgehead atoms. The minimum atomic E-state index is -0.218. The predicted molar refractivity (Wildman–Crippen MR) is 117 cm³/mol. The van der Waals surface area contributed by atoms with Crippen LogP contribution in [0, 0.1) is 0 Å². The van der Waals surface area contributed by atoms with Gasteiger partial charge in [0.1, 0.15) is 5.69 Å². The van der Waals surface area contributed by atoms with E-state index >= 15 is 0 Å². The second kappa shape index (κ2) is 8.69. The first-order chi connectivity index (χ1) is 14.6. The fourth-order valence-corrected chi connectivity index (χ4v) is 3.26. The summed E-state index contributed by atoms with van der Waals surface area (Å²) in [5, 5.41) is 7.76. The number of hydrogen-bond acceptors (Lipinski definition) is 5. The highest BCUT2D eigenvalue weighted by Crippen LogP contribution is 2.23. The van der Waals surface area contributed by atoms with Gasteiger partial charge in [-0.1, -0.05) is 68.4 Å². The molecule has 2 aromatic carbocycles. The standard InChI is InChI=1S/C24H23N5O/c1-17(2)19-12-6-7-13-20(19)23(30)29-24(26-16-18-10-4-3-5-11-18)27-22(28-29)21-14-8-9-15-25-21/h3-15,17H,16H2,1-2H3,(H,26,27,28). The summed E-state index contributed by atoms with van der Waals surface area (Å²) >= 11 is 0. The summed E-state index contributed by atoms with van der Waals surface area (Å²) in [6.07, 6.45) is 1.68. The van der Waals surface area contributed by atoms with Crippen molar-refractivity contribution in [3.8, 4) is 11.5 Å². The first-order valence-corrected chi connectivity index (χ1v) is 9.93. The van der Waals surface area contributed by atoms with Crippen molar-refractivity contribution in [3.05, 3.63) is 95.7 Å². The molecule has 0 atom stereocenters. The van der Waals surface area contributed by atoms with Gasteiger partial charge in [-0.05, 0) is 35.2 Å². The van der Waals surface area contributed by atoms with Gasteiger partial charge >= 0.3 is 0 Å². The number of nitrogens with one attached hydrogen (secondary N) is 1. The number of benzene rings is 2. The van der Waals surface area contributed by atoms with Crippen LogP contribution in [0.25, 0.3) is 11.5 Å². The maximum atomic E-state index is 13.4. The fraction of sp³-hybridized carbons (Fsp3) is 0.167. The minimum absolute atomic E-state index is 0.213. The smallest absolute Gasteiger partial charge is 0.281 e. The van der Waals surface area contributed by atoms with Crippen molar-refractivity contribution in [3.63, 3.8) is 0 Å². The summed E-state index contributed by atoms with van der Waals surface area (Å²) in [7, 11) is 0. The Morgan fingerprint density at radius 1 is 0.967 bits per heavy atom. The SMILES string of the molecule is CC(C)c1ccccc1C(=O)n1nc(-c2ccccn2)nc1NCc1ccccc1. The molecule has 0 fully saturated rings. The molecule has 4 rings (SSSR count). The molecule has 4 aromatic rings. The third-order valence-corrected chi connectivity index (χ3v) is 4.80. The Kier molecular flexibility index (Phi) is 5.66. The average Bonchev–Trinajstić information content (AvgIpc) is 3.23. The Bertz CT molecular complexity index is 1140. The van der Waals surface area contributed by atoms with Gasteiger partial charge < -0.3 is 5.32 Å². The number of rotatable bonds is 6. The first-order valence-electron chi connectivity index (χ1n) is 9.93. The van der Waals surface area contributed by atoms with Crippen LogP contribution in [0.1, 0.15) is 41.3 Å². The highest BCUT2D eigenvalue weighted by atomic mass is 16.2. The second-order valence-electron chi connectivity index (χ2n) is 7.27. The zero-order valence-electron chi connectivity index (χ0n) is 17.0. The van der Waals surface area contributed by atoms with Crippen molar-refractivity contribution < 1.29 is 4.79 Å². The van der Waals surface area contributed by atoms with Crippen molar-refractivity contribution >= 4 is 11.9 Å². The number of nitrogens with zero attached hydrogens (tertiary/aromatic N) is 4.